The first kappa shape index (κ1) is 9.20. The van der Waals surface area contributed by atoms with E-state index >= 15 is 0 Å². The number of hydrogen-bond donors (Lipinski definition) is 1. The van der Waals surface area contributed by atoms with Crippen LogP contribution in [0.15, 0.2) is 24.5 Å². The Bertz CT molecular complexity index is 223. The van der Waals surface area contributed by atoms with Crippen LogP contribution in [0.25, 0.3) is 0 Å². The van der Waals surface area contributed by atoms with Crippen LogP contribution in [0.5, 0.6) is 0 Å². The van der Waals surface area contributed by atoms with E-state index in [1.807, 2.05) is 19.1 Å². The first-order valence-electron chi connectivity index (χ1n) is 4.33. The molecule has 2 heteroatoms. The van der Waals surface area contributed by atoms with Crippen LogP contribution in [0.1, 0.15) is 31.9 Å². The Kier molecular flexibility index (Phi) is 3.23. The zero-order valence-electron chi connectivity index (χ0n) is 7.57. The van der Waals surface area contributed by atoms with Crippen molar-refractivity contribution in [3.05, 3.63) is 30.1 Å². The number of aromatic nitrogens is 1. The van der Waals surface area contributed by atoms with Crippen LogP contribution in [0.2, 0.25) is 0 Å². The molecule has 0 fully saturated rings. The van der Waals surface area contributed by atoms with Crippen molar-refractivity contribution in [2.75, 3.05) is 0 Å². The van der Waals surface area contributed by atoms with Crippen molar-refractivity contribution >= 4 is 0 Å². The molecule has 2 nitrogen and oxygen atoms in total. The fraction of sp³-hybridized carbons (Fsp3) is 0.500. The first-order chi connectivity index (χ1) is 5.75. The minimum atomic E-state index is -0.372. The minimum absolute atomic E-state index is 0.300. The molecule has 2 atom stereocenters. The minimum Gasteiger partial charge on any atom is -0.388 e. The summed E-state index contributed by atoms with van der Waals surface area (Å²) in [6, 6.07) is 3.75. The van der Waals surface area contributed by atoms with Gasteiger partial charge in [-0.2, -0.15) is 0 Å². The van der Waals surface area contributed by atoms with Gasteiger partial charge in [-0.25, -0.2) is 0 Å². The lowest BCUT2D eigenvalue weighted by Gasteiger charge is -2.16. The van der Waals surface area contributed by atoms with Gasteiger partial charge >= 0.3 is 0 Å². The Morgan fingerprint density at radius 2 is 2.33 bits per heavy atom. The SMILES string of the molecule is CCC(C)C(O)c1cccnc1. The quantitative estimate of drug-likeness (QED) is 0.744. The Morgan fingerprint density at radius 3 is 2.83 bits per heavy atom. The maximum absolute atomic E-state index is 9.75. The lowest BCUT2D eigenvalue weighted by Crippen LogP contribution is -2.07. The van der Waals surface area contributed by atoms with Gasteiger partial charge in [0.15, 0.2) is 0 Å². The largest absolute Gasteiger partial charge is 0.388 e. The molecular formula is C10H15NO. The van der Waals surface area contributed by atoms with Crippen LogP contribution >= 0.6 is 0 Å². The molecule has 1 rings (SSSR count). The van der Waals surface area contributed by atoms with Crippen molar-refractivity contribution in [2.45, 2.75) is 26.4 Å². The average molecular weight is 165 g/mol. The van der Waals surface area contributed by atoms with Crippen molar-refractivity contribution in [1.82, 2.24) is 4.98 Å². The van der Waals surface area contributed by atoms with E-state index in [1.54, 1.807) is 12.4 Å². The molecular weight excluding hydrogens is 150 g/mol. The van der Waals surface area contributed by atoms with E-state index in [0.717, 1.165) is 12.0 Å². The summed E-state index contributed by atoms with van der Waals surface area (Å²) in [5.74, 6) is 0.300. The van der Waals surface area contributed by atoms with Crippen molar-refractivity contribution < 1.29 is 5.11 Å². The summed E-state index contributed by atoms with van der Waals surface area (Å²) in [4.78, 5) is 3.96. The third-order valence-corrected chi connectivity index (χ3v) is 2.21. The number of pyridine rings is 1. The van der Waals surface area contributed by atoms with Crippen molar-refractivity contribution in [3.63, 3.8) is 0 Å². The van der Waals surface area contributed by atoms with Gasteiger partial charge in [-0.05, 0) is 17.5 Å². The third-order valence-electron chi connectivity index (χ3n) is 2.21. The van der Waals surface area contributed by atoms with E-state index in [-0.39, 0.29) is 6.10 Å². The van der Waals surface area contributed by atoms with Gasteiger partial charge in [0.05, 0.1) is 6.10 Å². The van der Waals surface area contributed by atoms with Gasteiger partial charge in [0.1, 0.15) is 0 Å². The van der Waals surface area contributed by atoms with Crippen LogP contribution in [0.3, 0.4) is 0 Å². The highest BCUT2D eigenvalue weighted by atomic mass is 16.3. The lowest BCUT2D eigenvalue weighted by molar-refractivity contribution is 0.115. The maximum atomic E-state index is 9.75. The second kappa shape index (κ2) is 4.21. The van der Waals surface area contributed by atoms with Crippen LogP contribution in [0.4, 0.5) is 0 Å². The van der Waals surface area contributed by atoms with Crippen molar-refractivity contribution in [2.24, 2.45) is 5.92 Å². The molecule has 2 unspecified atom stereocenters. The molecule has 12 heavy (non-hydrogen) atoms. The van der Waals surface area contributed by atoms with Gasteiger partial charge in [0.25, 0.3) is 0 Å². The zero-order valence-corrected chi connectivity index (χ0v) is 7.57. The molecule has 0 aliphatic heterocycles. The molecule has 1 aromatic rings. The Labute approximate surface area is 73.3 Å². The molecule has 0 saturated heterocycles. The van der Waals surface area contributed by atoms with Crippen LogP contribution in [-0.2, 0) is 0 Å². The fourth-order valence-corrected chi connectivity index (χ4v) is 1.10. The molecule has 0 radical (unpaired) electrons. The summed E-state index contributed by atoms with van der Waals surface area (Å²) in [7, 11) is 0. The Balaban J connectivity index is 2.71. The molecule has 1 N–H and O–H groups in total. The monoisotopic (exact) mass is 165 g/mol. The van der Waals surface area contributed by atoms with Gasteiger partial charge in [0, 0.05) is 12.4 Å². The summed E-state index contributed by atoms with van der Waals surface area (Å²) in [5, 5.41) is 9.75. The van der Waals surface area contributed by atoms with E-state index in [4.69, 9.17) is 0 Å². The van der Waals surface area contributed by atoms with Crippen molar-refractivity contribution in [3.8, 4) is 0 Å². The highest BCUT2D eigenvalue weighted by Gasteiger charge is 2.13. The first-order valence-corrected chi connectivity index (χ1v) is 4.33. The highest BCUT2D eigenvalue weighted by Crippen LogP contribution is 2.22. The fourth-order valence-electron chi connectivity index (χ4n) is 1.10. The molecule has 0 bridgehead atoms. The van der Waals surface area contributed by atoms with Crippen LogP contribution in [0, 0.1) is 5.92 Å². The molecule has 0 aliphatic carbocycles. The van der Waals surface area contributed by atoms with E-state index in [1.165, 1.54) is 0 Å². The summed E-state index contributed by atoms with van der Waals surface area (Å²) < 4.78 is 0. The van der Waals surface area contributed by atoms with Gasteiger partial charge < -0.3 is 5.11 Å². The second-order valence-corrected chi connectivity index (χ2v) is 3.12. The van der Waals surface area contributed by atoms with E-state index in [0.29, 0.717) is 5.92 Å². The standard InChI is InChI=1S/C10H15NO/c1-3-8(2)10(12)9-5-4-6-11-7-9/h4-8,10,12H,3H2,1-2H3. The lowest BCUT2D eigenvalue weighted by atomic mass is 9.97. The summed E-state index contributed by atoms with van der Waals surface area (Å²) >= 11 is 0. The molecule has 1 heterocycles. The molecule has 0 saturated carbocycles. The molecule has 0 spiro atoms. The van der Waals surface area contributed by atoms with Gasteiger partial charge in [-0.1, -0.05) is 26.3 Å². The molecule has 66 valence electrons. The number of rotatable bonds is 3. The number of hydrogen-bond acceptors (Lipinski definition) is 2. The molecule has 1 aromatic heterocycles. The normalized spacial score (nSPS) is 15.6. The molecule has 0 aromatic carbocycles. The second-order valence-electron chi connectivity index (χ2n) is 3.12. The highest BCUT2D eigenvalue weighted by molar-refractivity contribution is 5.12. The smallest absolute Gasteiger partial charge is 0.0830 e. The van der Waals surface area contributed by atoms with Gasteiger partial charge in [-0.15, -0.1) is 0 Å². The van der Waals surface area contributed by atoms with E-state index in [2.05, 4.69) is 11.9 Å². The van der Waals surface area contributed by atoms with Gasteiger partial charge in [0.2, 0.25) is 0 Å². The molecule has 0 aliphatic rings. The average Bonchev–Trinajstić information content (AvgIpc) is 2.17. The Morgan fingerprint density at radius 1 is 1.58 bits per heavy atom. The Hall–Kier alpha value is -0.890. The van der Waals surface area contributed by atoms with Crippen LogP contribution < -0.4 is 0 Å². The van der Waals surface area contributed by atoms with E-state index < -0.39 is 0 Å². The predicted molar refractivity (Wildman–Crippen MR) is 48.7 cm³/mol. The summed E-state index contributed by atoms with van der Waals surface area (Å²) in [6.45, 7) is 4.11. The number of aliphatic hydroxyl groups excluding tert-OH is 1. The topological polar surface area (TPSA) is 33.1 Å². The maximum Gasteiger partial charge on any atom is 0.0830 e. The summed E-state index contributed by atoms with van der Waals surface area (Å²) in [6.07, 6.45) is 4.04. The van der Waals surface area contributed by atoms with Crippen LogP contribution in [-0.4, -0.2) is 10.1 Å². The van der Waals surface area contributed by atoms with E-state index in [9.17, 15) is 5.11 Å². The number of nitrogens with zero attached hydrogens (tertiary/aromatic N) is 1. The molecule has 0 amide bonds. The number of aliphatic hydroxyl groups is 1. The third kappa shape index (κ3) is 2.05. The van der Waals surface area contributed by atoms with Gasteiger partial charge in [-0.3, -0.25) is 4.98 Å². The summed E-state index contributed by atoms with van der Waals surface area (Å²) in [5.41, 5.74) is 0.909. The zero-order chi connectivity index (χ0) is 8.97. The van der Waals surface area contributed by atoms with Crippen molar-refractivity contribution in [1.29, 1.82) is 0 Å². The predicted octanol–water partition coefficient (Wildman–Crippen LogP) is 2.16.